The predicted octanol–water partition coefficient (Wildman–Crippen LogP) is 2.09. The number of rotatable bonds is 3. The summed E-state index contributed by atoms with van der Waals surface area (Å²) in [6, 6.07) is 10.8. The second-order valence-corrected chi connectivity index (χ2v) is 4.40. The Labute approximate surface area is 124 Å². The van der Waals surface area contributed by atoms with E-state index in [1.54, 1.807) is 42.5 Å². The van der Waals surface area contributed by atoms with Gasteiger partial charge in [-0.2, -0.15) is 0 Å². The minimum Gasteiger partial charge on any atom is -0.395 e. The molecule has 0 unspecified atom stereocenters. The van der Waals surface area contributed by atoms with Gasteiger partial charge >= 0.3 is 0 Å². The van der Waals surface area contributed by atoms with Crippen LogP contribution >= 0.6 is 0 Å². The number of amides is 1. The van der Waals surface area contributed by atoms with Crippen LogP contribution in [0.3, 0.4) is 0 Å². The second-order valence-electron chi connectivity index (χ2n) is 4.40. The zero-order valence-electron chi connectivity index (χ0n) is 11.8. The Balaban J connectivity index is 2.30. The Morgan fingerprint density at radius 3 is 2.81 bits per heavy atom. The van der Waals surface area contributed by atoms with E-state index in [9.17, 15) is 4.79 Å². The largest absolute Gasteiger partial charge is 0.395 e. The summed E-state index contributed by atoms with van der Waals surface area (Å²) in [6.45, 7) is 0.0126. The van der Waals surface area contributed by atoms with Gasteiger partial charge in [0.25, 0.3) is 5.91 Å². The molecule has 1 amide bonds. The van der Waals surface area contributed by atoms with Gasteiger partial charge in [-0.15, -0.1) is 0 Å². The van der Waals surface area contributed by atoms with Gasteiger partial charge in [0.1, 0.15) is 0 Å². The van der Waals surface area contributed by atoms with Crippen molar-refractivity contribution in [2.24, 2.45) is 0 Å². The van der Waals surface area contributed by atoms with E-state index >= 15 is 0 Å². The molecule has 2 aromatic rings. The fourth-order valence-corrected chi connectivity index (χ4v) is 1.84. The number of aromatic nitrogens is 1. The van der Waals surface area contributed by atoms with Crippen LogP contribution in [0.1, 0.15) is 22.3 Å². The van der Waals surface area contributed by atoms with Crippen molar-refractivity contribution in [2.45, 2.75) is 6.42 Å². The molecule has 4 heteroatoms. The number of aliphatic hydroxyl groups excluding tert-OH is 1. The maximum atomic E-state index is 12.6. The molecule has 0 spiro atoms. The van der Waals surface area contributed by atoms with Crippen LogP contribution in [0.5, 0.6) is 0 Å². The number of carbonyl (C=O) groups is 1. The van der Waals surface area contributed by atoms with Crippen LogP contribution in [-0.4, -0.2) is 29.7 Å². The Morgan fingerprint density at radius 1 is 1.29 bits per heavy atom. The van der Waals surface area contributed by atoms with Crippen LogP contribution < -0.4 is 4.90 Å². The number of pyridine rings is 1. The highest BCUT2D eigenvalue weighted by Crippen LogP contribution is 2.16. The van der Waals surface area contributed by atoms with E-state index < -0.39 is 0 Å². The fraction of sp³-hybridized carbons (Fsp3) is 0.176. The molecule has 0 bridgehead atoms. The highest BCUT2D eigenvalue weighted by atomic mass is 16.2. The van der Waals surface area contributed by atoms with Gasteiger partial charge in [-0.1, -0.05) is 24.0 Å². The molecule has 106 valence electrons. The lowest BCUT2D eigenvalue weighted by molar-refractivity contribution is 0.0992. The minimum absolute atomic E-state index is 0.0126. The van der Waals surface area contributed by atoms with Crippen molar-refractivity contribution in [1.82, 2.24) is 4.98 Å². The third-order valence-electron chi connectivity index (χ3n) is 2.96. The molecule has 0 aliphatic carbocycles. The van der Waals surface area contributed by atoms with E-state index in [1.165, 1.54) is 0 Å². The molecule has 1 N–H and O–H groups in total. The average Bonchev–Trinajstić information content (AvgIpc) is 2.55. The summed E-state index contributed by atoms with van der Waals surface area (Å²) >= 11 is 0. The van der Waals surface area contributed by atoms with Gasteiger partial charge < -0.3 is 10.0 Å². The Kier molecular flexibility index (Phi) is 5.08. The zero-order chi connectivity index (χ0) is 15.1. The van der Waals surface area contributed by atoms with E-state index in [0.29, 0.717) is 17.5 Å². The van der Waals surface area contributed by atoms with Crippen molar-refractivity contribution in [3.05, 3.63) is 59.9 Å². The summed E-state index contributed by atoms with van der Waals surface area (Å²) < 4.78 is 0. The number of hydrogen-bond acceptors (Lipinski definition) is 3. The molecule has 1 aromatic heterocycles. The molecule has 21 heavy (non-hydrogen) atoms. The summed E-state index contributed by atoms with van der Waals surface area (Å²) in [5.74, 6) is 5.63. The Hall–Kier alpha value is -2.64. The molecule has 2 rings (SSSR count). The lowest BCUT2D eigenvalue weighted by Gasteiger charge is -2.17. The van der Waals surface area contributed by atoms with Crippen LogP contribution in [0.15, 0.2) is 48.8 Å². The normalized spacial score (nSPS) is 9.62. The molecule has 1 heterocycles. The number of hydrogen-bond donors (Lipinski definition) is 1. The first kappa shape index (κ1) is 14.8. The van der Waals surface area contributed by atoms with Crippen LogP contribution in [0.4, 0.5) is 5.69 Å². The average molecular weight is 280 g/mol. The topological polar surface area (TPSA) is 53.4 Å². The van der Waals surface area contributed by atoms with E-state index in [2.05, 4.69) is 16.8 Å². The van der Waals surface area contributed by atoms with Crippen molar-refractivity contribution in [3.8, 4) is 11.8 Å². The first-order valence-corrected chi connectivity index (χ1v) is 6.61. The van der Waals surface area contributed by atoms with Gasteiger partial charge in [-0.05, 0) is 24.3 Å². The van der Waals surface area contributed by atoms with Crippen molar-refractivity contribution >= 4 is 11.6 Å². The molecular weight excluding hydrogens is 264 g/mol. The molecule has 0 aliphatic heterocycles. The summed E-state index contributed by atoms with van der Waals surface area (Å²) in [5, 5.41) is 8.78. The fourth-order valence-electron chi connectivity index (χ4n) is 1.84. The van der Waals surface area contributed by atoms with Gasteiger partial charge in [0.2, 0.25) is 0 Å². The van der Waals surface area contributed by atoms with Gasteiger partial charge in [0, 0.05) is 25.2 Å². The standard InChI is InChI=1S/C17H16N2O2/c1-19(15-9-6-11-18-13-15)17(21)16-10-3-2-7-14(16)8-4-5-12-20/h2-3,6-7,9-11,13,20H,5,12H2,1H3. The van der Waals surface area contributed by atoms with Crippen molar-refractivity contribution in [2.75, 3.05) is 18.6 Å². The van der Waals surface area contributed by atoms with Crippen molar-refractivity contribution in [1.29, 1.82) is 0 Å². The number of benzene rings is 1. The third kappa shape index (κ3) is 3.68. The maximum Gasteiger partial charge on any atom is 0.259 e. The van der Waals surface area contributed by atoms with Crippen LogP contribution in [0.2, 0.25) is 0 Å². The SMILES string of the molecule is CN(C(=O)c1ccccc1C#CCCO)c1cccnc1. The van der Waals surface area contributed by atoms with Gasteiger partial charge in [-0.3, -0.25) is 9.78 Å². The molecule has 0 radical (unpaired) electrons. The quantitative estimate of drug-likeness (QED) is 0.876. The number of aliphatic hydroxyl groups is 1. The molecular formula is C17H16N2O2. The zero-order valence-corrected chi connectivity index (χ0v) is 11.8. The van der Waals surface area contributed by atoms with E-state index in [4.69, 9.17) is 5.11 Å². The lowest BCUT2D eigenvalue weighted by atomic mass is 10.1. The molecule has 0 aliphatic rings. The Morgan fingerprint density at radius 2 is 2.10 bits per heavy atom. The van der Waals surface area contributed by atoms with Gasteiger partial charge in [0.05, 0.1) is 24.1 Å². The molecule has 0 saturated heterocycles. The number of anilines is 1. The third-order valence-corrected chi connectivity index (χ3v) is 2.96. The monoisotopic (exact) mass is 280 g/mol. The predicted molar refractivity (Wildman–Crippen MR) is 82.0 cm³/mol. The van der Waals surface area contributed by atoms with Gasteiger partial charge in [-0.25, -0.2) is 0 Å². The summed E-state index contributed by atoms with van der Waals surface area (Å²) in [5.41, 5.74) is 1.92. The number of carbonyl (C=O) groups excluding carboxylic acids is 1. The summed E-state index contributed by atoms with van der Waals surface area (Å²) in [7, 11) is 1.71. The minimum atomic E-state index is -0.142. The summed E-state index contributed by atoms with van der Waals surface area (Å²) in [4.78, 5) is 18.1. The second kappa shape index (κ2) is 7.22. The van der Waals surface area contributed by atoms with Crippen molar-refractivity contribution in [3.63, 3.8) is 0 Å². The number of nitrogens with zero attached hydrogens (tertiary/aromatic N) is 2. The first-order valence-electron chi connectivity index (χ1n) is 6.61. The van der Waals surface area contributed by atoms with Crippen LogP contribution in [0, 0.1) is 11.8 Å². The lowest BCUT2D eigenvalue weighted by Crippen LogP contribution is -2.27. The van der Waals surface area contributed by atoms with Gasteiger partial charge in [0.15, 0.2) is 0 Å². The first-order chi connectivity index (χ1) is 10.2. The van der Waals surface area contributed by atoms with Crippen LogP contribution in [0.25, 0.3) is 0 Å². The maximum absolute atomic E-state index is 12.6. The van der Waals surface area contributed by atoms with Crippen LogP contribution in [-0.2, 0) is 0 Å². The van der Waals surface area contributed by atoms with E-state index in [1.807, 2.05) is 18.2 Å². The highest BCUT2D eigenvalue weighted by Gasteiger charge is 2.16. The van der Waals surface area contributed by atoms with Crippen molar-refractivity contribution < 1.29 is 9.90 Å². The Bertz CT molecular complexity index is 672. The molecule has 0 atom stereocenters. The smallest absolute Gasteiger partial charge is 0.259 e. The molecule has 1 aromatic carbocycles. The molecule has 0 fully saturated rings. The molecule has 0 saturated carbocycles. The molecule has 4 nitrogen and oxygen atoms in total. The summed E-state index contributed by atoms with van der Waals surface area (Å²) in [6.07, 6.45) is 3.69. The van der Waals surface area contributed by atoms with E-state index in [-0.39, 0.29) is 12.5 Å². The highest BCUT2D eigenvalue weighted by molar-refractivity contribution is 6.07. The van der Waals surface area contributed by atoms with E-state index in [0.717, 1.165) is 5.69 Å².